The Kier molecular flexibility index (Phi) is 5.76. The summed E-state index contributed by atoms with van der Waals surface area (Å²) in [6, 6.07) is 2.14. The molecule has 0 aliphatic carbocycles. The maximum Gasteiger partial charge on any atom is 0.312 e. The van der Waals surface area contributed by atoms with Crippen LogP contribution in [0.5, 0.6) is 5.88 Å². The maximum atomic E-state index is 12.0. The predicted octanol–water partition coefficient (Wildman–Crippen LogP) is 0.399. The number of pyridine rings is 1. The first-order valence-electron chi connectivity index (χ1n) is 6.26. The van der Waals surface area contributed by atoms with Crippen LogP contribution in [-0.2, 0) is 11.3 Å². The molecule has 1 atom stereocenters. The lowest BCUT2D eigenvalue weighted by molar-refractivity contribution is -0.124. The number of ether oxygens (including phenoxy) is 1. The van der Waals surface area contributed by atoms with Gasteiger partial charge >= 0.3 is 6.03 Å². The summed E-state index contributed by atoms with van der Waals surface area (Å²) in [7, 11) is 1.53. The van der Waals surface area contributed by atoms with Crippen molar-refractivity contribution in [2.45, 2.75) is 26.4 Å². The van der Waals surface area contributed by atoms with Gasteiger partial charge in [0.15, 0.2) is 0 Å². The number of hydrogen-bond acceptors (Lipinski definition) is 4. The van der Waals surface area contributed by atoms with Crippen LogP contribution in [0, 0.1) is 5.92 Å². The Labute approximate surface area is 117 Å². The van der Waals surface area contributed by atoms with Gasteiger partial charge in [-0.25, -0.2) is 9.78 Å². The Morgan fingerprint density at radius 1 is 1.40 bits per heavy atom. The van der Waals surface area contributed by atoms with Crippen molar-refractivity contribution >= 4 is 11.9 Å². The van der Waals surface area contributed by atoms with Crippen molar-refractivity contribution in [3.8, 4) is 5.88 Å². The Bertz CT molecular complexity index is 459. The second-order valence-corrected chi connectivity index (χ2v) is 4.66. The summed E-state index contributed by atoms with van der Waals surface area (Å²) in [5.41, 5.74) is 5.89. The van der Waals surface area contributed by atoms with Crippen molar-refractivity contribution in [2.24, 2.45) is 11.7 Å². The number of aromatic nitrogens is 1. The third-order valence-corrected chi connectivity index (χ3v) is 2.72. The van der Waals surface area contributed by atoms with E-state index in [1.54, 1.807) is 18.3 Å². The van der Waals surface area contributed by atoms with Crippen LogP contribution >= 0.6 is 0 Å². The van der Waals surface area contributed by atoms with E-state index in [1.807, 2.05) is 13.8 Å². The first-order valence-corrected chi connectivity index (χ1v) is 6.26. The highest BCUT2D eigenvalue weighted by atomic mass is 16.5. The fourth-order valence-electron chi connectivity index (χ4n) is 1.62. The number of primary amides is 1. The molecule has 4 N–H and O–H groups in total. The van der Waals surface area contributed by atoms with Crippen LogP contribution in [0.3, 0.4) is 0 Å². The first kappa shape index (κ1) is 15.7. The van der Waals surface area contributed by atoms with Crippen LogP contribution in [0.25, 0.3) is 0 Å². The highest BCUT2D eigenvalue weighted by Crippen LogP contribution is 2.07. The molecule has 1 rings (SSSR count). The molecule has 20 heavy (non-hydrogen) atoms. The number of rotatable bonds is 6. The molecule has 0 saturated carbocycles. The zero-order valence-electron chi connectivity index (χ0n) is 11.8. The molecule has 0 saturated heterocycles. The molecule has 110 valence electrons. The van der Waals surface area contributed by atoms with Crippen molar-refractivity contribution in [3.63, 3.8) is 0 Å². The SMILES string of the molecule is COc1ccc(CNC(=O)C(NC(N)=O)C(C)C)cn1. The summed E-state index contributed by atoms with van der Waals surface area (Å²) in [5.74, 6) is 0.168. The van der Waals surface area contributed by atoms with E-state index in [0.29, 0.717) is 12.4 Å². The molecular formula is C13H20N4O3. The van der Waals surface area contributed by atoms with Crippen LogP contribution in [0.4, 0.5) is 4.79 Å². The van der Waals surface area contributed by atoms with Crippen LogP contribution in [-0.4, -0.2) is 30.1 Å². The van der Waals surface area contributed by atoms with E-state index in [0.717, 1.165) is 5.56 Å². The molecular weight excluding hydrogens is 260 g/mol. The number of nitrogens with two attached hydrogens (primary N) is 1. The zero-order valence-corrected chi connectivity index (χ0v) is 11.8. The summed E-state index contributed by atoms with van der Waals surface area (Å²) < 4.78 is 4.95. The molecule has 3 amide bonds. The smallest absolute Gasteiger partial charge is 0.312 e. The summed E-state index contributed by atoms with van der Waals surface area (Å²) in [4.78, 5) is 26.9. The first-order chi connectivity index (χ1) is 9.43. The molecule has 1 aromatic rings. The summed E-state index contributed by atoms with van der Waals surface area (Å²) in [6.45, 7) is 3.98. The van der Waals surface area contributed by atoms with E-state index >= 15 is 0 Å². The lowest BCUT2D eigenvalue weighted by Gasteiger charge is -2.20. The van der Waals surface area contributed by atoms with Crippen LogP contribution < -0.4 is 21.1 Å². The van der Waals surface area contributed by atoms with Crippen LogP contribution in [0.1, 0.15) is 19.4 Å². The van der Waals surface area contributed by atoms with Crippen molar-refractivity contribution in [1.82, 2.24) is 15.6 Å². The fraction of sp³-hybridized carbons (Fsp3) is 0.462. The van der Waals surface area contributed by atoms with Crippen molar-refractivity contribution in [3.05, 3.63) is 23.9 Å². The lowest BCUT2D eigenvalue weighted by Crippen LogP contribution is -2.51. The molecule has 1 unspecified atom stereocenters. The number of nitrogens with one attached hydrogen (secondary N) is 2. The van der Waals surface area contributed by atoms with Gasteiger partial charge < -0.3 is 21.1 Å². The van der Waals surface area contributed by atoms with Gasteiger partial charge in [-0.3, -0.25) is 4.79 Å². The molecule has 7 nitrogen and oxygen atoms in total. The van der Waals surface area contributed by atoms with Gasteiger partial charge in [0.2, 0.25) is 11.8 Å². The predicted molar refractivity (Wildman–Crippen MR) is 74.0 cm³/mol. The number of amides is 3. The van der Waals surface area contributed by atoms with Gasteiger partial charge in [-0.15, -0.1) is 0 Å². The molecule has 0 aliphatic heterocycles. The summed E-state index contributed by atoms with van der Waals surface area (Å²) >= 11 is 0. The summed E-state index contributed by atoms with van der Waals surface area (Å²) in [5, 5.41) is 5.16. The molecule has 0 fully saturated rings. The average Bonchev–Trinajstić information content (AvgIpc) is 2.42. The average molecular weight is 280 g/mol. The van der Waals surface area contributed by atoms with Gasteiger partial charge in [0.05, 0.1) is 7.11 Å². The van der Waals surface area contributed by atoms with E-state index < -0.39 is 12.1 Å². The van der Waals surface area contributed by atoms with Crippen molar-refractivity contribution < 1.29 is 14.3 Å². The normalized spacial score (nSPS) is 11.8. The maximum absolute atomic E-state index is 12.0. The minimum atomic E-state index is -0.718. The Hall–Kier alpha value is -2.31. The lowest BCUT2D eigenvalue weighted by atomic mass is 10.0. The second-order valence-electron chi connectivity index (χ2n) is 4.66. The largest absolute Gasteiger partial charge is 0.481 e. The number of carbonyl (C=O) groups excluding carboxylic acids is 2. The third kappa shape index (κ3) is 4.75. The molecule has 0 radical (unpaired) electrons. The third-order valence-electron chi connectivity index (χ3n) is 2.72. The quantitative estimate of drug-likeness (QED) is 0.701. The monoisotopic (exact) mass is 280 g/mol. The van der Waals surface area contributed by atoms with E-state index in [-0.39, 0.29) is 11.8 Å². The summed E-state index contributed by atoms with van der Waals surface area (Å²) in [6.07, 6.45) is 1.62. The van der Waals surface area contributed by atoms with Gasteiger partial charge in [0, 0.05) is 18.8 Å². The van der Waals surface area contributed by atoms with Gasteiger partial charge in [0.1, 0.15) is 6.04 Å². The topological polar surface area (TPSA) is 106 Å². The molecule has 0 aromatic carbocycles. The number of hydrogen-bond donors (Lipinski definition) is 3. The molecule has 7 heteroatoms. The minimum absolute atomic E-state index is 0.0588. The number of nitrogens with zero attached hydrogens (tertiary/aromatic N) is 1. The van der Waals surface area contributed by atoms with Crippen molar-refractivity contribution in [2.75, 3.05) is 7.11 Å². The fourth-order valence-corrected chi connectivity index (χ4v) is 1.62. The van der Waals surface area contributed by atoms with Gasteiger partial charge in [-0.2, -0.15) is 0 Å². The molecule has 0 spiro atoms. The molecule has 1 aromatic heterocycles. The van der Waals surface area contributed by atoms with Crippen LogP contribution in [0.2, 0.25) is 0 Å². The second kappa shape index (κ2) is 7.32. The van der Waals surface area contributed by atoms with Gasteiger partial charge in [-0.1, -0.05) is 19.9 Å². The minimum Gasteiger partial charge on any atom is -0.481 e. The highest BCUT2D eigenvalue weighted by molar-refractivity contribution is 5.86. The molecule has 0 bridgehead atoms. The van der Waals surface area contributed by atoms with E-state index in [4.69, 9.17) is 10.5 Å². The van der Waals surface area contributed by atoms with Crippen molar-refractivity contribution in [1.29, 1.82) is 0 Å². The highest BCUT2D eigenvalue weighted by Gasteiger charge is 2.22. The number of methoxy groups -OCH3 is 1. The number of urea groups is 1. The molecule has 1 heterocycles. The zero-order chi connectivity index (χ0) is 15.1. The van der Waals surface area contributed by atoms with Crippen LogP contribution in [0.15, 0.2) is 18.3 Å². The standard InChI is InChI=1S/C13H20N4O3/c1-8(2)11(17-13(14)19)12(18)16-7-9-4-5-10(20-3)15-6-9/h4-6,8,11H,7H2,1-3H3,(H,16,18)(H3,14,17,19). The number of carbonyl (C=O) groups is 2. The van der Waals surface area contributed by atoms with E-state index in [1.165, 1.54) is 7.11 Å². The van der Waals surface area contributed by atoms with E-state index in [2.05, 4.69) is 15.6 Å². The van der Waals surface area contributed by atoms with Gasteiger partial charge in [0.25, 0.3) is 0 Å². The Balaban J connectivity index is 2.57. The van der Waals surface area contributed by atoms with Gasteiger partial charge in [-0.05, 0) is 11.5 Å². The van der Waals surface area contributed by atoms with E-state index in [9.17, 15) is 9.59 Å². The Morgan fingerprint density at radius 2 is 2.10 bits per heavy atom. The molecule has 0 aliphatic rings. The Morgan fingerprint density at radius 3 is 2.55 bits per heavy atom.